The summed E-state index contributed by atoms with van der Waals surface area (Å²) in [6, 6.07) is 30.9. The van der Waals surface area contributed by atoms with E-state index in [1.165, 1.54) is 22.3 Å². The Bertz CT molecular complexity index is 1760. The third-order valence-electron chi connectivity index (χ3n) is 6.94. The topological polar surface area (TPSA) is 44.9 Å². The van der Waals surface area contributed by atoms with Crippen molar-refractivity contribution < 1.29 is 4.74 Å². The lowest BCUT2D eigenvalue weighted by Crippen LogP contribution is -1.97. The fourth-order valence-corrected chi connectivity index (χ4v) is 5.24. The molecule has 2 aromatic heterocycles. The molecule has 0 bridgehead atoms. The summed E-state index contributed by atoms with van der Waals surface area (Å²) in [7, 11) is 1.99. The van der Waals surface area contributed by atoms with Crippen LogP contribution in [0.3, 0.4) is 0 Å². The van der Waals surface area contributed by atoms with Gasteiger partial charge in [-0.15, -0.1) is 0 Å². The summed E-state index contributed by atoms with van der Waals surface area (Å²) >= 11 is 0. The normalized spacial score (nSPS) is 11.1. The van der Waals surface area contributed by atoms with Gasteiger partial charge in [0.15, 0.2) is 0 Å². The largest absolute Gasteiger partial charge is 0.457 e. The van der Waals surface area contributed by atoms with Crippen LogP contribution in [-0.2, 0) is 7.05 Å². The Balaban J connectivity index is 1.39. The van der Waals surface area contributed by atoms with Gasteiger partial charge in [-0.1, -0.05) is 66.2 Å². The molecule has 39 heavy (non-hydrogen) atoms. The van der Waals surface area contributed by atoms with E-state index in [1.807, 2.05) is 71.0 Å². The molecule has 5 heteroatoms. The number of hydrogen-bond acceptors (Lipinski definition) is 3. The molecule has 0 spiro atoms. The summed E-state index contributed by atoms with van der Waals surface area (Å²) in [5.41, 5.74) is 10.0. The first-order valence-corrected chi connectivity index (χ1v) is 13.1. The highest BCUT2D eigenvalue weighted by Crippen LogP contribution is 2.36. The second-order valence-electron chi connectivity index (χ2n) is 9.96. The standard InChI is InChI=1S/C34H30N4O/c1-23-18-24(2)32(25(3)19-23)33-31(26-10-6-5-7-11-26)22-38(36-33)28-13-9-15-30(21-28)39-29-14-8-12-27(20-29)34-35-16-17-37(34)4/h5-22H,1-4H3. The third kappa shape index (κ3) is 4.87. The van der Waals surface area contributed by atoms with Gasteiger partial charge in [0.2, 0.25) is 0 Å². The number of imidazole rings is 1. The van der Waals surface area contributed by atoms with Crippen molar-refractivity contribution in [3.8, 4) is 51.0 Å². The SMILES string of the molecule is Cc1cc(C)c(-c2nn(-c3cccc(Oc4cccc(-c5nccn5C)c4)c3)cc2-c2ccccc2)c(C)c1. The molecule has 0 radical (unpaired) electrons. The lowest BCUT2D eigenvalue weighted by Gasteiger charge is -2.11. The van der Waals surface area contributed by atoms with Crippen molar-refractivity contribution in [3.05, 3.63) is 126 Å². The fraction of sp³-hybridized carbons (Fsp3) is 0.118. The Labute approximate surface area is 229 Å². The fourth-order valence-electron chi connectivity index (χ4n) is 5.24. The molecule has 0 amide bonds. The molecular formula is C34H30N4O. The van der Waals surface area contributed by atoms with Crippen LogP contribution < -0.4 is 4.74 Å². The Morgan fingerprint density at radius 1 is 0.718 bits per heavy atom. The molecule has 0 saturated heterocycles. The second-order valence-corrected chi connectivity index (χ2v) is 9.96. The van der Waals surface area contributed by atoms with Crippen molar-refractivity contribution in [1.82, 2.24) is 19.3 Å². The molecule has 0 atom stereocenters. The van der Waals surface area contributed by atoms with Crippen molar-refractivity contribution in [2.24, 2.45) is 7.05 Å². The average molecular weight is 511 g/mol. The maximum atomic E-state index is 6.30. The van der Waals surface area contributed by atoms with Gasteiger partial charge in [-0.3, -0.25) is 0 Å². The molecular weight excluding hydrogens is 480 g/mol. The van der Waals surface area contributed by atoms with Crippen LogP contribution in [-0.4, -0.2) is 19.3 Å². The third-order valence-corrected chi connectivity index (χ3v) is 6.94. The van der Waals surface area contributed by atoms with Gasteiger partial charge in [0.1, 0.15) is 23.0 Å². The average Bonchev–Trinajstić information content (AvgIpc) is 3.56. The first-order chi connectivity index (χ1) is 19.0. The highest BCUT2D eigenvalue weighted by molar-refractivity contribution is 5.84. The van der Waals surface area contributed by atoms with Gasteiger partial charge in [-0.25, -0.2) is 9.67 Å². The van der Waals surface area contributed by atoms with Crippen molar-refractivity contribution in [1.29, 1.82) is 0 Å². The lowest BCUT2D eigenvalue weighted by atomic mass is 9.93. The molecule has 4 aromatic carbocycles. The number of aromatic nitrogens is 4. The van der Waals surface area contributed by atoms with Gasteiger partial charge in [-0.05, 0) is 61.7 Å². The maximum Gasteiger partial charge on any atom is 0.139 e. The van der Waals surface area contributed by atoms with E-state index in [0.717, 1.165) is 45.4 Å². The Hall–Kier alpha value is -4.90. The number of nitrogens with zero attached hydrogens (tertiary/aromatic N) is 4. The van der Waals surface area contributed by atoms with Crippen LogP contribution in [0.15, 0.2) is 110 Å². The van der Waals surface area contributed by atoms with Crippen molar-refractivity contribution in [2.45, 2.75) is 20.8 Å². The van der Waals surface area contributed by atoms with Crippen LogP contribution in [0.1, 0.15) is 16.7 Å². The van der Waals surface area contributed by atoms with Crippen molar-refractivity contribution in [3.63, 3.8) is 0 Å². The minimum absolute atomic E-state index is 0.741. The zero-order chi connectivity index (χ0) is 26.9. The van der Waals surface area contributed by atoms with E-state index < -0.39 is 0 Å². The molecule has 0 aliphatic carbocycles. The van der Waals surface area contributed by atoms with Crippen LogP contribution in [0, 0.1) is 20.8 Å². The molecule has 0 aliphatic heterocycles. The van der Waals surface area contributed by atoms with E-state index in [1.54, 1.807) is 6.20 Å². The predicted molar refractivity (Wildman–Crippen MR) is 157 cm³/mol. The highest BCUT2D eigenvalue weighted by atomic mass is 16.5. The quantitative estimate of drug-likeness (QED) is 0.226. The van der Waals surface area contributed by atoms with E-state index in [0.29, 0.717) is 0 Å². The van der Waals surface area contributed by atoms with Crippen LogP contribution in [0.25, 0.3) is 39.5 Å². The number of hydrogen-bond donors (Lipinski definition) is 0. The molecule has 0 aliphatic rings. The summed E-state index contributed by atoms with van der Waals surface area (Å²) in [6.07, 6.45) is 5.85. The van der Waals surface area contributed by atoms with Gasteiger partial charge < -0.3 is 9.30 Å². The van der Waals surface area contributed by atoms with Crippen molar-refractivity contribution >= 4 is 0 Å². The summed E-state index contributed by atoms with van der Waals surface area (Å²) in [5.74, 6) is 2.39. The summed E-state index contributed by atoms with van der Waals surface area (Å²) in [5, 5.41) is 5.13. The molecule has 0 saturated carbocycles. The van der Waals surface area contributed by atoms with Gasteiger partial charge in [0.25, 0.3) is 0 Å². The smallest absolute Gasteiger partial charge is 0.139 e. The lowest BCUT2D eigenvalue weighted by molar-refractivity contribution is 0.482. The Kier molecular flexibility index (Phi) is 6.33. The first-order valence-electron chi connectivity index (χ1n) is 13.1. The monoisotopic (exact) mass is 510 g/mol. The summed E-state index contributed by atoms with van der Waals surface area (Å²) < 4.78 is 10.2. The van der Waals surface area contributed by atoms with Crippen molar-refractivity contribution in [2.75, 3.05) is 0 Å². The van der Waals surface area contributed by atoms with Crippen LogP contribution in [0.4, 0.5) is 0 Å². The molecule has 192 valence electrons. The van der Waals surface area contributed by atoms with Gasteiger partial charge in [0.05, 0.1) is 5.69 Å². The molecule has 0 fully saturated rings. The minimum Gasteiger partial charge on any atom is -0.457 e. The zero-order valence-corrected chi connectivity index (χ0v) is 22.6. The van der Waals surface area contributed by atoms with Crippen LogP contribution in [0.2, 0.25) is 0 Å². The molecule has 6 rings (SSSR count). The maximum absolute atomic E-state index is 6.30. The molecule has 0 N–H and O–H groups in total. The number of benzene rings is 4. The van der Waals surface area contributed by atoms with Gasteiger partial charge in [0, 0.05) is 48.4 Å². The predicted octanol–water partition coefficient (Wildman–Crippen LogP) is 8.32. The van der Waals surface area contributed by atoms with E-state index in [9.17, 15) is 0 Å². The van der Waals surface area contributed by atoms with Crippen LogP contribution >= 0.6 is 0 Å². The van der Waals surface area contributed by atoms with Gasteiger partial charge >= 0.3 is 0 Å². The van der Waals surface area contributed by atoms with E-state index in [-0.39, 0.29) is 0 Å². The van der Waals surface area contributed by atoms with Gasteiger partial charge in [-0.2, -0.15) is 5.10 Å². The molecule has 6 aromatic rings. The Morgan fingerprint density at radius 3 is 2.13 bits per heavy atom. The minimum atomic E-state index is 0.741. The Morgan fingerprint density at radius 2 is 1.41 bits per heavy atom. The van der Waals surface area contributed by atoms with Crippen LogP contribution in [0.5, 0.6) is 11.5 Å². The van der Waals surface area contributed by atoms with E-state index >= 15 is 0 Å². The second kappa shape index (κ2) is 10.1. The number of rotatable bonds is 6. The number of ether oxygens (including phenoxy) is 1. The summed E-state index contributed by atoms with van der Waals surface area (Å²) in [6.45, 7) is 6.46. The molecule has 0 unspecified atom stereocenters. The zero-order valence-electron chi connectivity index (χ0n) is 22.6. The number of aryl methyl sites for hydroxylation is 4. The van der Waals surface area contributed by atoms with E-state index in [4.69, 9.17) is 9.84 Å². The van der Waals surface area contributed by atoms with E-state index in [2.05, 4.69) is 74.4 Å². The first kappa shape index (κ1) is 24.4. The highest BCUT2D eigenvalue weighted by Gasteiger charge is 2.18. The molecule has 5 nitrogen and oxygen atoms in total. The summed E-state index contributed by atoms with van der Waals surface area (Å²) in [4.78, 5) is 4.46. The molecule has 2 heterocycles.